The zero-order valence-corrected chi connectivity index (χ0v) is 21.3. The molecular weight excluding hydrogens is 550 g/mol. The van der Waals surface area contributed by atoms with Crippen LogP contribution in [0.1, 0.15) is 47.9 Å². The molecule has 2 aliphatic heterocycles. The van der Waals surface area contributed by atoms with Gasteiger partial charge >= 0.3 is 18.4 Å². The van der Waals surface area contributed by atoms with Crippen LogP contribution in [0, 0.1) is 12.3 Å². The van der Waals surface area contributed by atoms with Gasteiger partial charge in [0.1, 0.15) is 0 Å². The van der Waals surface area contributed by atoms with E-state index in [9.17, 15) is 40.7 Å². The number of unbranched alkanes of at least 4 members (excludes halogenated alkanes) is 1. The van der Waals surface area contributed by atoms with Crippen molar-refractivity contribution in [2.24, 2.45) is 0 Å². The largest absolute Gasteiger partial charge is 0.417 e. The van der Waals surface area contributed by atoms with E-state index in [2.05, 4.69) is 21.3 Å². The Morgan fingerprint density at radius 1 is 1.05 bits per heavy atom. The van der Waals surface area contributed by atoms with Crippen LogP contribution < -0.4 is 21.3 Å². The van der Waals surface area contributed by atoms with Crippen LogP contribution >= 0.6 is 11.8 Å². The van der Waals surface area contributed by atoms with E-state index in [-0.39, 0.29) is 48.8 Å². The maximum absolute atomic E-state index is 13.4. The average Bonchev–Trinajstić information content (AvgIpc) is 3.40. The summed E-state index contributed by atoms with van der Waals surface area (Å²) in [6.07, 6.45) is -1.77. The van der Waals surface area contributed by atoms with E-state index >= 15 is 0 Å². The Morgan fingerprint density at radius 3 is 2.31 bits per heavy atom. The van der Waals surface area contributed by atoms with Gasteiger partial charge in [-0.25, -0.2) is 4.79 Å². The highest BCUT2D eigenvalue weighted by molar-refractivity contribution is 8.00. The second kappa shape index (κ2) is 12.7. The number of halogens is 6. The van der Waals surface area contributed by atoms with E-state index in [0.29, 0.717) is 30.7 Å². The lowest BCUT2D eigenvalue weighted by molar-refractivity contribution is -0.143. The molecule has 4 amide bonds. The Balaban J connectivity index is 1.42. The summed E-state index contributed by atoms with van der Waals surface area (Å²) in [5, 5.41) is 10.9. The summed E-state index contributed by atoms with van der Waals surface area (Å²) in [5.41, 5.74) is -5.05. The van der Waals surface area contributed by atoms with Crippen LogP contribution in [0.3, 0.4) is 0 Å². The first-order chi connectivity index (χ1) is 18.3. The molecule has 0 radical (unpaired) electrons. The van der Waals surface area contributed by atoms with Crippen LogP contribution in [-0.2, 0) is 21.9 Å². The van der Waals surface area contributed by atoms with Gasteiger partial charge in [-0.2, -0.15) is 38.1 Å². The predicted molar refractivity (Wildman–Crippen MR) is 133 cm³/mol. The number of urea groups is 1. The van der Waals surface area contributed by atoms with Crippen molar-refractivity contribution in [1.29, 1.82) is 0 Å². The van der Waals surface area contributed by atoms with Gasteiger partial charge in [0, 0.05) is 42.2 Å². The molecule has 2 fully saturated rings. The number of benzene rings is 1. The van der Waals surface area contributed by atoms with Gasteiger partial charge in [0.2, 0.25) is 11.8 Å². The first-order valence-corrected chi connectivity index (χ1v) is 13.0. The molecule has 3 rings (SSSR count). The molecule has 2 heterocycles. The maximum atomic E-state index is 13.4. The smallest absolute Gasteiger partial charge is 0.354 e. The molecule has 2 unspecified atom stereocenters. The molecule has 2 aliphatic rings. The minimum atomic E-state index is -5.14. The van der Waals surface area contributed by atoms with Gasteiger partial charge in [0.05, 0.1) is 23.2 Å². The van der Waals surface area contributed by atoms with Crippen molar-refractivity contribution in [2.45, 2.75) is 55.4 Å². The van der Waals surface area contributed by atoms with E-state index < -0.39 is 40.5 Å². The number of thioether (sulfide) groups is 1. The Labute approximate surface area is 224 Å². The van der Waals surface area contributed by atoms with Crippen molar-refractivity contribution in [1.82, 2.24) is 21.3 Å². The van der Waals surface area contributed by atoms with E-state index in [1.54, 1.807) is 17.7 Å². The lowest BCUT2D eigenvalue weighted by Gasteiger charge is -2.17. The quantitative estimate of drug-likeness (QED) is 0.112. The van der Waals surface area contributed by atoms with Gasteiger partial charge in [-0.05, 0) is 36.6 Å². The second-order valence-electron chi connectivity index (χ2n) is 8.97. The Morgan fingerprint density at radius 2 is 1.69 bits per heavy atom. The molecule has 0 saturated carbocycles. The predicted octanol–water partition coefficient (Wildman–Crippen LogP) is 3.68. The fourth-order valence-electron chi connectivity index (χ4n) is 4.35. The van der Waals surface area contributed by atoms with Gasteiger partial charge in [-0.15, -0.1) is 6.42 Å². The molecule has 3 atom stereocenters. The molecule has 0 aromatic heterocycles. The summed E-state index contributed by atoms with van der Waals surface area (Å²) >= 11 is 1.78. The Bertz CT molecular complexity index is 1130. The molecule has 212 valence electrons. The summed E-state index contributed by atoms with van der Waals surface area (Å²) in [6.45, 7) is -0.0610. The first-order valence-electron chi connectivity index (χ1n) is 12.0. The molecule has 0 spiro atoms. The lowest BCUT2D eigenvalue weighted by Crippen LogP contribution is -2.36. The molecule has 1 aromatic carbocycles. The van der Waals surface area contributed by atoms with Crippen LogP contribution in [0.15, 0.2) is 18.2 Å². The third-order valence-electron chi connectivity index (χ3n) is 6.19. The monoisotopic (exact) mass is 576 g/mol. The van der Waals surface area contributed by atoms with E-state index in [1.165, 1.54) is 0 Å². The summed E-state index contributed by atoms with van der Waals surface area (Å²) in [7, 11) is 0. The Kier molecular flexibility index (Phi) is 9.82. The molecule has 0 aliphatic carbocycles. The molecule has 1 aromatic rings. The number of carbonyl (C=O) groups is 3. The highest BCUT2D eigenvalue weighted by Crippen LogP contribution is 2.41. The van der Waals surface area contributed by atoms with Crippen LogP contribution in [0.5, 0.6) is 0 Å². The molecule has 0 bridgehead atoms. The number of nitrogens with one attached hydrogen (secondary N) is 4. The van der Waals surface area contributed by atoms with Gasteiger partial charge in [0.25, 0.3) is 0 Å². The minimum Gasteiger partial charge on any atom is -0.354 e. The van der Waals surface area contributed by atoms with Crippen molar-refractivity contribution < 1.29 is 40.7 Å². The zero-order chi connectivity index (χ0) is 28.8. The third-order valence-corrected chi connectivity index (χ3v) is 7.69. The highest BCUT2D eigenvalue weighted by atomic mass is 32.2. The molecule has 7 nitrogen and oxygen atoms in total. The maximum Gasteiger partial charge on any atom is 0.417 e. The van der Waals surface area contributed by atoms with Gasteiger partial charge < -0.3 is 21.3 Å². The first kappa shape index (κ1) is 30.2. The topological polar surface area (TPSA) is 99.3 Å². The third kappa shape index (κ3) is 8.32. The van der Waals surface area contributed by atoms with Gasteiger partial charge in [0.15, 0.2) is 0 Å². The standard InChI is InChI=1S/C25H26F6N4O3S/c1-2-14-11-16(24(26,27)28)15(17(12-14)25(29,30)31)7-8-21(37)33-10-9-32-20(36)6-4-3-5-19-22-18(13-39-19)34-23(38)35-22/h1,7-8,11-12,18-19,22H,3-6,9-10,13H2,(H,32,36)(H,33,37)(H2,34,35,38)/b8-7+/t18?,19-,22?/m0/s1. The number of alkyl halides is 6. The number of rotatable bonds is 10. The SMILES string of the molecule is C#Cc1cc(C(F)(F)F)c(/C=C/C(=O)NCCNC(=O)CCCC[C@@H]2SCC3NC(=O)NC32)c(C(F)(F)F)c1. The van der Waals surface area contributed by atoms with Gasteiger partial charge in [-0.3, -0.25) is 9.59 Å². The van der Waals surface area contributed by atoms with Crippen molar-refractivity contribution in [2.75, 3.05) is 18.8 Å². The number of hydrogen-bond acceptors (Lipinski definition) is 4. The summed E-state index contributed by atoms with van der Waals surface area (Å²) in [6, 6.07) is 0.892. The van der Waals surface area contributed by atoms with Crippen LogP contribution in [-0.4, -0.2) is 54.0 Å². The number of amides is 4. The number of carbonyl (C=O) groups excluding carboxylic acids is 3. The molecule has 4 N–H and O–H groups in total. The number of fused-ring (bicyclic) bond motifs is 1. The van der Waals surface area contributed by atoms with E-state index in [4.69, 9.17) is 6.42 Å². The number of hydrogen-bond donors (Lipinski definition) is 4. The zero-order valence-electron chi connectivity index (χ0n) is 20.5. The van der Waals surface area contributed by atoms with Crippen molar-refractivity contribution >= 4 is 35.7 Å². The summed E-state index contributed by atoms with van der Waals surface area (Å²) < 4.78 is 80.4. The normalized spacial score (nSPS) is 20.7. The Hall–Kier alpha value is -3.34. The van der Waals surface area contributed by atoms with Gasteiger partial charge in [-0.1, -0.05) is 12.3 Å². The lowest BCUT2D eigenvalue weighted by atomic mass is 9.96. The van der Waals surface area contributed by atoms with Crippen LogP contribution in [0.2, 0.25) is 0 Å². The molecule has 14 heteroatoms. The number of terminal acetylenes is 1. The minimum absolute atomic E-state index is 0.0246. The summed E-state index contributed by atoms with van der Waals surface area (Å²) in [4.78, 5) is 35.4. The molecular formula is C25H26F6N4O3S. The van der Waals surface area contributed by atoms with Crippen LogP contribution in [0.4, 0.5) is 31.1 Å². The second-order valence-corrected chi connectivity index (χ2v) is 10.2. The van der Waals surface area contributed by atoms with Crippen molar-refractivity contribution in [3.05, 3.63) is 40.5 Å². The molecule has 2 saturated heterocycles. The van der Waals surface area contributed by atoms with E-state index in [1.807, 2.05) is 0 Å². The van der Waals surface area contributed by atoms with Crippen molar-refractivity contribution in [3.63, 3.8) is 0 Å². The van der Waals surface area contributed by atoms with Crippen LogP contribution in [0.25, 0.3) is 6.08 Å². The fourth-order valence-corrected chi connectivity index (χ4v) is 5.90. The fraction of sp³-hybridized carbons (Fsp3) is 0.480. The highest BCUT2D eigenvalue weighted by Gasteiger charge is 2.43. The molecule has 39 heavy (non-hydrogen) atoms. The van der Waals surface area contributed by atoms with E-state index in [0.717, 1.165) is 18.6 Å². The summed E-state index contributed by atoms with van der Waals surface area (Å²) in [5.74, 6) is 1.42. The van der Waals surface area contributed by atoms with Crippen molar-refractivity contribution in [3.8, 4) is 12.3 Å². The average molecular weight is 577 g/mol.